The summed E-state index contributed by atoms with van der Waals surface area (Å²) >= 11 is 1.67. The first-order valence-corrected chi connectivity index (χ1v) is 12.5. The normalized spacial score (nSPS) is 26.7. The summed E-state index contributed by atoms with van der Waals surface area (Å²) in [7, 11) is 1.93. The molecular formula is C24H28F3N5OS. The fourth-order valence-corrected chi connectivity index (χ4v) is 5.99. The standard InChI is InChI=1S/C24H28F3N5OS/c1-31-21(17-7-9-28-20(33)13-17)29-30-22(31)34-12-2-10-32-11-8-23(15-32)14-19(23)16-3-5-18(6-4-16)24(25,26)27/h3-7,9,13,19-20,28,33H,2,8,10-12,14-15H2,1H3/t19-,20?,23+/m1/s1. The fourth-order valence-electron chi connectivity index (χ4n) is 5.15. The number of alkyl halides is 3. The topological polar surface area (TPSA) is 66.2 Å². The third kappa shape index (κ3) is 4.76. The molecule has 1 spiro atoms. The lowest BCUT2D eigenvalue weighted by Crippen LogP contribution is -2.23. The van der Waals surface area contributed by atoms with Crippen LogP contribution in [0.5, 0.6) is 0 Å². The van der Waals surface area contributed by atoms with Crippen LogP contribution in [0.15, 0.2) is 47.8 Å². The summed E-state index contributed by atoms with van der Waals surface area (Å²) < 4.78 is 40.4. The maximum atomic E-state index is 12.8. The number of aliphatic hydroxyl groups excluding tert-OH is 1. The number of hydrogen-bond acceptors (Lipinski definition) is 6. The second-order valence-corrected chi connectivity index (χ2v) is 10.5. The highest BCUT2D eigenvalue weighted by Gasteiger charge is 2.57. The van der Waals surface area contributed by atoms with Crippen LogP contribution in [0, 0.1) is 5.41 Å². The van der Waals surface area contributed by atoms with Gasteiger partial charge in [0, 0.05) is 24.9 Å². The molecule has 3 heterocycles. The molecular weight excluding hydrogens is 463 g/mol. The van der Waals surface area contributed by atoms with E-state index >= 15 is 0 Å². The Kier molecular flexibility index (Phi) is 6.24. The van der Waals surface area contributed by atoms with Crippen molar-refractivity contribution in [2.75, 3.05) is 25.4 Å². The van der Waals surface area contributed by atoms with Gasteiger partial charge in [0.1, 0.15) is 6.23 Å². The predicted octanol–water partition coefficient (Wildman–Crippen LogP) is 4.01. The van der Waals surface area contributed by atoms with E-state index in [-0.39, 0.29) is 5.41 Å². The van der Waals surface area contributed by atoms with Gasteiger partial charge in [0.25, 0.3) is 0 Å². The summed E-state index contributed by atoms with van der Waals surface area (Å²) in [5.74, 6) is 2.03. The molecule has 1 aromatic heterocycles. The molecule has 0 bridgehead atoms. The van der Waals surface area contributed by atoms with Crippen LogP contribution in [0.2, 0.25) is 0 Å². The van der Waals surface area contributed by atoms with Gasteiger partial charge in [0.05, 0.1) is 5.56 Å². The lowest BCUT2D eigenvalue weighted by molar-refractivity contribution is -0.137. The number of halogens is 3. The SMILES string of the molecule is Cn1c(SCCCN2CC[C@]3(C[C@@H]3c3ccc(C(F)(F)F)cc3)C2)nnc1C1=CC(O)NC=C1. The fraction of sp³-hybridized carbons (Fsp3) is 0.500. The largest absolute Gasteiger partial charge is 0.416 e. The van der Waals surface area contributed by atoms with E-state index in [0.717, 1.165) is 66.8 Å². The third-order valence-electron chi connectivity index (χ3n) is 7.10. The van der Waals surface area contributed by atoms with Gasteiger partial charge >= 0.3 is 6.18 Å². The molecule has 1 saturated carbocycles. The number of benzene rings is 1. The van der Waals surface area contributed by atoms with E-state index in [9.17, 15) is 18.3 Å². The third-order valence-corrected chi connectivity index (χ3v) is 8.21. The molecule has 1 unspecified atom stereocenters. The zero-order valence-electron chi connectivity index (χ0n) is 18.9. The second-order valence-electron chi connectivity index (χ2n) is 9.40. The van der Waals surface area contributed by atoms with Crippen LogP contribution in [0.3, 0.4) is 0 Å². The lowest BCUT2D eigenvalue weighted by atomic mass is 9.97. The summed E-state index contributed by atoms with van der Waals surface area (Å²) in [5.41, 5.74) is 1.54. The minimum Gasteiger partial charge on any atom is -0.370 e. The van der Waals surface area contributed by atoms with Gasteiger partial charge in [-0.15, -0.1) is 10.2 Å². The minimum atomic E-state index is -4.28. The smallest absolute Gasteiger partial charge is 0.370 e. The highest BCUT2D eigenvalue weighted by Crippen LogP contribution is 2.64. The molecule has 3 atom stereocenters. The Morgan fingerprint density at radius 1 is 1.24 bits per heavy atom. The van der Waals surface area contributed by atoms with E-state index in [1.54, 1.807) is 36.2 Å². The quantitative estimate of drug-likeness (QED) is 0.451. The first-order chi connectivity index (χ1) is 16.2. The molecule has 6 nitrogen and oxygen atoms in total. The molecule has 1 aromatic carbocycles. The summed E-state index contributed by atoms with van der Waals surface area (Å²) in [6.07, 6.45) is 3.48. The van der Waals surface area contributed by atoms with Gasteiger partial charge in [-0.3, -0.25) is 0 Å². The molecule has 2 N–H and O–H groups in total. The van der Waals surface area contributed by atoms with Gasteiger partial charge < -0.3 is 19.9 Å². The van der Waals surface area contributed by atoms with Crippen molar-refractivity contribution in [1.29, 1.82) is 0 Å². The minimum absolute atomic E-state index is 0.242. The number of allylic oxidation sites excluding steroid dienone is 2. The van der Waals surface area contributed by atoms with Crippen molar-refractivity contribution >= 4 is 17.3 Å². The van der Waals surface area contributed by atoms with Gasteiger partial charge in [0.15, 0.2) is 11.0 Å². The molecule has 2 aliphatic heterocycles. The highest BCUT2D eigenvalue weighted by molar-refractivity contribution is 7.99. The second kappa shape index (κ2) is 9.05. The van der Waals surface area contributed by atoms with Crippen LogP contribution in [-0.4, -0.2) is 56.4 Å². The maximum absolute atomic E-state index is 12.8. The Morgan fingerprint density at radius 2 is 2.03 bits per heavy atom. The molecule has 34 heavy (non-hydrogen) atoms. The van der Waals surface area contributed by atoms with Crippen molar-refractivity contribution in [3.05, 3.63) is 59.6 Å². The summed E-state index contributed by atoms with van der Waals surface area (Å²) in [5, 5.41) is 21.9. The van der Waals surface area contributed by atoms with Crippen LogP contribution in [0.4, 0.5) is 13.2 Å². The number of aromatic nitrogens is 3. The van der Waals surface area contributed by atoms with E-state index in [1.807, 2.05) is 17.7 Å². The molecule has 182 valence electrons. The molecule has 0 radical (unpaired) electrons. The summed E-state index contributed by atoms with van der Waals surface area (Å²) in [6.45, 7) is 3.08. The Hall–Kier alpha value is -2.30. The molecule has 2 aromatic rings. The van der Waals surface area contributed by atoms with Crippen molar-refractivity contribution in [2.24, 2.45) is 12.5 Å². The van der Waals surface area contributed by atoms with Crippen LogP contribution in [-0.2, 0) is 13.2 Å². The zero-order chi connectivity index (χ0) is 23.9. The van der Waals surface area contributed by atoms with Gasteiger partial charge in [-0.25, -0.2) is 0 Å². The van der Waals surface area contributed by atoms with Crippen LogP contribution in [0.25, 0.3) is 5.57 Å². The highest BCUT2D eigenvalue weighted by atomic mass is 32.2. The van der Waals surface area contributed by atoms with Gasteiger partial charge in [0.2, 0.25) is 0 Å². The van der Waals surface area contributed by atoms with E-state index in [2.05, 4.69) is 20.4 Å². The first kappa shape index (κ1) is 23.4. The van der Waals surface area contributed by atoms with Crippen molar-refractivity contribution in [1.82, 2.24) is 25.0 Å². The van der Waals surface area contributed by atoms with Crippen molar-refractivity contribution in [2.45, 2.75) is 42.7 Å². The Bertz CT molecular complexity index is 1100. The predicted molar refractivity (Wildman–Crippen MR) is 125 cm³/mol. The molecule has 10 heteroatoms. The van der Waals surface area contributed by atoms with E-state index in [0.29, 0.717) is 5.92 Å². The Morgan fingerprint density at radius 3 is 2.76 bits per heavy atom. The number of likely N-dealkylation sites (tertiary alicyclic amines) is 1. The van der Waals surface area contributed by atoms with E-state index < -0.39 is 18.0 Å². The van der Waals surface area contributed by atoms with Crippen LogP contribution < -0.4 is 5.32 Å². The first-order valence-electron chi connectivity index (χ1n) is 11.5. The Labute approximate surface area is 200 Å². The molecule has 0 amide bonds. The number of nitrogens with one attached hydrogen (secondary N) is 1. The van der Waals surface area contributed by atoms with Gasteiger partial charge in [-0.1, -0.05) is 23.9 Å². The van der Waals surface area contributed by atoms with Gasteiger partial charge in [-0.05, 0) is 79.7 Å². The molecule has 1 saturated heterocycles. The number of aliphatic hydroxyl groups is 1. The Balaban J connectivity index is 1.08. The number of dihydropyridines is 1. The lowest BCUT2D eigenvalue weighted by Gasteiger charge is -2.16. The summed E-state index contributed by atoms with van der Waals surface area (Å²) in [6, 6.07) is 5.74. The molecule has 3 aliphatic rings. The zero-order valence-corrected chi connectivity index (χ0v) is 19.7. The van der Waals surface area contributed by atoms with Crippen molar-refractivity contribution in [3.8, 4) is 0 Å². The monoisotopic (exact) mass is 491 g/mol. The van der Waals surface area contributed by atoms with E-state index in [1.165, 1.54) is 12.1 Å². The molecule has 1 aliphatic carbocycles. The molecule has 2 fully saturated rings. The maximum Gasteiger partial charge on any atom is 0.416 e. The van der Waals surface area contributed by atoms with Crippen molar-refractivity contribution in [3.63, 3.8) is 0 Å². The number of rotatable bonds is 7. The van der Waals surface area contributed by atoms with Crippen LogP contribution >= 0.6 is 11.8 Å². The molecule has 5 rings (SSSR count). The number of thioether (sulfide) groups is 1. The average Bonchev–Trinajstić information content (AvgIpc) is 3.14. The number of hydrogen-bond donors (Lipinski definition) is 2. The summed E-state index contributed by atoms with van der Waals surface area (Å²) in [4.78, 5) is 2.48. The van der Waals surface area contributed by atoms with Crippen molar-refractivity contribution < 1.29 is 18.3 Å². The van der Waals surface area contributed by atoms with Gasteiger partial charge in [-0.2, -0.15) is 13.2 Å². The average molecular weight is 492 g/mol. The van der Waals surface area contributed by atoms with Crippen LogP contribution in [0.1, 0.15) is 42.1 Å². The van der Waals surface area contributed by atoms with E-state index in [4.69, 9.17) is 0 Å². The number of nitrogens with zero attached hydrogens (tertiary/aromatic N) is 4.